The minimum absolute atomic E-state index is 0.116. The average Bonchev–Trinajstić information content (AvgIpc) is 2.59. The normalized spacial score (nSPS) is 10.3. The van der Waals surface area contributed by atoms with Crippen molar-refractivity contribution in [3.8, 4) is 0 Å². The fraction of sp³-hybridized carbons (Fsp3) is 0.278. The predicted octanol–water partition coefficient (Wildman–Crippen LogP) is 3.78. The molecule has 0 aliphatic rings. The van der Waals surface area contributed by atoms with Crippen molar-refractivity contribution in [1.82, 2.24) is 9.88 Å². The third kappa shape index (κ3) is 4.11. The number of amides is 2. The molecule has 0 bridgehead atoms. The topological polar surface area (TPSA) is 62.3 Å². The van der Waals surface area contributed by atoms with Crippen LogP contribution >= 0.6 is 11.6 Å². The molecule has 0 fully saturated rings. The Kier molecular flexibility index (Phi) is 5.93. The number of hydrogen-bond donors (Lipinski definition) is 1. The number of rotatable bonds is 5. The van der Waals surface area contributed by atoms with E-state index < -0.39 is 0 Å². The molecule has 2 rings (SSSR count). The van der Waals surface area contributed by atoms with Crippen molar-refractivity contribution in [2.24, 2.45) is 0 Å². The molecule has 0 saturated carbocycles. The van der Waals surface area contributed by atoms with Gasteiger partial charge in [0.05, 0.1) is 0 Å². The molecule has 24 heavy (non-hydrogen) atoms. The number of carbonyl (C=O) groups excluding carboxylic acids is 2. The SMILES string of the molecule is CCN(CC)C(=O)c1ccnc(C(=O)Nc2ccc(C)c(Cl)c2)c1. The van der Waals surface area contributed by atoms with Gasteiger partial charge >= 0.3 is 0 Å². The van der Waals surface area contributed by atoms with Crippen LogP contribution in [0.4, 0.5) is 5.69 Å². The van der Waals surface area contributed by atoms with Crippen LogP contribution in [0.15, 0.2) is 36.5 Å². The van der Waals surface area contributed by atoms with Crippen molar-refractivity contribution in [2.45, 2.75) is 20.8 Å². The number of hydrogen-bond acceptors (Lipinski definition) is 3. The van der Waals surface area contributed by atoms with Crippen LogP contribution in [0.25, 0.3) is 0 Å². The smallest absolute Gasteiger partial charge is 0.274 e. The van der Waals surface area contributed by atoms with Gasteiger partial charge in [0, 0.05) is 35.6 Å². The van der Waals surface area contributed by atoms with Crippen LogP contribution in [0, 0.1) is 6.92 Å². The Morgan fingerprint density at radius 3 is 2.50 bits per heavy atom. The quantitative estimate of drug-likeness (QED) is 0.897. The van der Waals surface area contributed by atoms with Gasteiger partial charge in [-0.2, -0.15) is 0 Å². The Labute approximate surface area is 146 Å². The average molecular weight is 346 g/mol. The molecule has 126 valence electrons. The molecular weight excluding hydrogens is 326 g/mol. The molecule has 0 unspecified atom stereocenters. The Balaban J connectivity index is 2.19. The first-order valence-electron chi connectivity index (χ1n) is 7.79. The third-order valence-corrected chi connectivity index (χ3v) is 4.13. The number of nitrogens with zero attached hydrogens (tertiary/aromatic N) is 2. The highest BCUT2D eigenvalue weighted by Gasteiger charge is 2.16. The van der Waals surface area contributed by atoms with Gasteiger partial charge in [0.1, 0.15) is 5.69 Å². The molecule has 0 aliphatic heterocycles. The minimum Gasteiger partial charge on any atom is -0.339 e. The van der Waals surface area contributed by atoms with Gasteiger partial charge in [-0.25, -0.2) is 0 Å². The van der Waals surface area contributed by atoms with Crippen molar-refractivity contribution < 1.29 is 9.59 Å². The summed E-state index contributed by atoms with van der Waals surface area (Å²) < 4.78 is 0. The summed E-state index contributed by atoms with van der Waals surface area (Å²) in [5.74, 6) is -0.501. The van der Waals surface area contributed by atoms with Crippen molar-refractivity contribution in [1.29, 1.82) is 0 Å². The number of benzene rings is 1. The largest absolute Gasteiger partial charge is 0.339 e. The maximum atomic E-state index is 12.4. The van der Waals surface area contributed by atoms with Gasteiger partial charge in [0.15, 0.2) is 0 Å². The van der Waals surface area contributed by atoms with Crippen LogP contribution in [-0.4, -0.2) is 34.8 Å². The van der Waals surface area contributed by atoms with E-state index in [1.54, 1.807) is 23.1 Å². The van der Waals surface area contributed by atoms with Crippen molar-refractivity contribution in [3.63, 3.8) is 0 Å². The third-order valence-electron chi connectivity index (χ3n) is 3.72. The summed E-state index contributed by atoms with van der Waals surface area (Å²) in [4.78, 5) is 30.5. The lowest BCUT2D eigenvalue weighted by Gasteiger charge is -2.18. The maximum Gasteiger partial charge on any atom is 0.274 e. The lowest BCUT2D eigenvalue weighted by Crippen LogP contribution is -2.30. The van der Waals surface area contributed by atoms with Gasteiger partial charge in [-0.1, -0.05) is 17.7 Å². The molecule has 2 amide bonds. The molecule has 0 saturated heterocycles. The number of halogens is 1. The van der Waals surface area contributed by atoms with E-state index in [0.29, 0.717) is 29.4 Å². The summed E-state index contributed by atoms with van der Waals surface area (Å²) in [6.07, 6.45) is 1.47. The predicted molar refractivity (Wildman–Crippen MR) is 95.6 cm³/mol. The minimum atomic E-state index is -0.385. The Bertz CT molecular complexity index is 758. The molecule has 0 aliphatic carbocycles. The van der Waals surface area contributed by atoms with Crippen LogP contribution in [0.2, 0.25) is 5.02 Å². The number of nitrogens with one attached hydrogen (secondary N) is 1. The Morgan fingerprint density at radius 1 is 1.17 bits per heavy atom. The zero-order chi connectivity index (χ0) is 17.7. The molecular formula is C18H20ClN3O2. The molecule has 6 heteroatoms. The fourth-order valence-electron chi connectivity index (χ4n) is 2.25. The zero-order valence-corrected chi connectivity index (χ0v) is 14.7. The van der Waals surface area contributed by atoms with Crippen LogP contribution in [0.3, 0.4) is 0 Å². The molecule has 1 N–H and O–H groups in total. The lowest BCUT2D eigenvalue weighted by atomic mass is 10.2. The van der Waals surface area contributed by atoms with Crippen molar-refractivity contribution in [3.05, 3.63) is 58.4 Å². The number of carbonyl (C=O) groups is 2. The second-order valence-corrected chi connectivity index (χ2v) is 5.73. The van der Waals surface area contributed by atoms with E-state index in [2.05, 4.69) is 10.3 Å². The van der Waals surface area contributed by atoms with Gasteiger partial charge in [-0.3, -0.25) is 14.6 Å². The summed E-state index contributed by atoms with van der Waals surface area (Å²) in [6.45, 7) is 6.94. The van der Waals surface area contributed by atoms with E-state index >= 15 is 0 Å². The monoisotopic (exact) mass is 345 g/mol. The van der Waals surface area contributed by atoms with Gasteiger partial charge in [0.2, 0.25) is 0 Å². The number of anilines is 1. The second kappa shape index (κ2) is 7.93. The van der Waals surface area contributed by atoms with Crippen LogP contribution in [0.1, 0.15) is 40.3 Å². The molecule has 0 spiro atoms. The second-order valence-electron chi connectivity index (χ2n) is 5.33. The van der Waals surface area contributed by atoms with E-state index in [-0.39, 0.29) is 17.5 Å². The van der Waals surface area contributed by atoms with Crippen molar-refractivity contribution >= 4 is 29.1 Å². The molecule has 1 aromatic heterocycles. The van der Waals surface area contributed by atoms with Crippen LogP contribution in [0.5, 0.6) is 0 Å². The van der Waals surface area contributed by atoms with Gasteiger partial charge in [-0.05, 0) is 50.6 Å². The first kappa shape index (κ1) is 17.9. The molecule has 5 nitrogen and oxygen atoms in total. The van der Waals surface area contributed by atoms with E-state index in [0.717, 1.165) is 5.56 Å². The molecule has 1 aromatic carbocycles. The van der Waals surface area contributed by atoms with Gasteiger partial charge < -0.3 is 10.2 Å². The van der Waals surface area contributed by atoms with E-state index in [4.69, 9.17) is 11.6 Å². The summed E-state index contributed by atoms with van der Waals surface area (Å²) >= 11 is 6.06. The number of aryl methyl sites for hydroxylation is 1. The highest BCUT2D eigenvalue weighted by molar-refractivity contribution is 6.31. The summed E-state index contributed by atoms with van der Waals surface area (Å²) in [5, 5.41) is 3.31. The summed E-state index contributed by atoms with van der Waals surface area (Å²) in [5.41, 5.74) is 2.14. The maximum absolute atomic E-state index is 12.4. The van der Waals surface area contributed by atoms with E-state index in [1.807, 2.05) is 26.8 Å². The summed E-state index contributed by atoms with van der Waals surface area (Å²) in [6, 6.07) is 8.39. The fourth-order valence-corrected chi connectivity index (χ4v) is 2.43. The molecule has 1 heterocycles. The van der Waals surface area contributed by atoms with E-state index in [1.165, 1.54) is 12.3 Å². The Morgan fingerprint density at radius 2 is 1.88 bits per heavy atom. The van der Waals surface area contributed by atoms with Gasteiger partial charge in [-0.15, -0.1) is 0 Å². The summed E-state index contributed by atoms with van der Waals surface area (Å²) in [7, 11) is 0. The first-order valence-corrected chi connectivity index (χ1v) is 8.16. The highest BCUT2D eigenvalue weighted by atomic mass is 35.5. The Hall–Kier alpha value is -2.40. The van der Waals surface area contributed by atoms with Crippen LogP contribution < -0.4 is 5.32 Å². The first-order chi connectivity index (χ1) is 11.5. The highest BCUT2D eigenvalue weighted by Crippen LogP contribution is 2.20. The van der Waals surface area contributed by atoms with Crippen molar-refractivity contribution in [2.75, 3.05) is 18.4 Å². The molecule has 0 radical (unpaired) electrons. The van der Waals surface area contributed by atoms with Gasteiger partial charge in [0.25, 0.3) is 11.8 Å². The zero-order valence-electron chi connectivity index (χ0n) is 14.0. The number of pyridine rings is 1. The lowest BCUT2D eigenvalue weighted by molar-refractivity contribution is 0.0773. The van der Waals surface area contributed by atoms with Crippen LogP contribution in [-0.2, 0) is 0 Å². The molecule has 2 aromatic rings. The number of aromatic nitrogens is 1. The molecule has 0 atom stereocenters. The van der Waals surface area contributed by atoms with E-state index in [9.17, 15) is 9.59 Å². The standard InChI is InChI=1S/C18H20ClN3O2/c1-4-22(5-2)18(24)13-8-9-20-16(10-13)17(23)21-14-7-6-12(3)15(19)11-14/h6-11H,4-5H2,1-3H3,(H,21,23).